The van der Waals surface area contributed by atoms with Gasteiger partial charge in [-0.15, -0.1) is 16.4 Å². The molecule has 26 heavy (non-hydrogen) atoms. The van der Waals surface area contributed by atoms with Crippen LogP contribution in [-0.2, 0) is 0 Å². The molecule has 5 nitrogen and oxygen atoms in total. The SMILES string of the molecule is Cc1ccc(-n2nnc(-c3nc(-c4cccc(Cl)c4)cs3)c2N)cc1F. The highest BCUT2D eigenvalue weighted by Gasteiger charge is 2.17. The number of nitrogens with two attached hydrogens (primary N) is 1. The smallest absolute Gasteiger partial charge is 0.165 e. The molecule has 0 bridgehead atoms. The lowest BCUT2D eigenvalue weighted by Crippen LogP contribution is -2.03. The normalized spacial score (nSPS) is 11.0. The zero-order valence-electron chi connectivity index (χ0n) is 13.6. The van der Waals surface area contributed by atoms with Crippen LogP contribution in [0.5, 0.6) is 0 Å². The number of nitrogen functional groups attached to an aromatic ring is 1. The van der Waals surface area contributed by atoms with E-state index >= 15 is 0 Å². The molecule has 130 valence electrons. The minimum Gasteiger partial charge on any atom is -0.382 e. The molecule has 2 aromatic heterocycles. The maximum absolute atomic E-state index is 13.8. The summed E-state index contributed by atoms with van der Waals surface area (Å²) in [5.74, 6) is -0.0170. The molecule has 4 aromatic rings. The second-order valence-corrected chi connectivity index (χ2v) is 7.01. The van der Waals surface area contributed by atoms with E-state index in [4.69, 9.17) is 17.3 Å². The molecule has 2 aromatic carbocycles. The molecule has 8 heteroatoms. The Labute approximate surface area is 157 Å². The highest BCUT2D eigenvalue weighted by molar-refractivity contribution is 7.13. The number of benzene rings is 2. The zero-order valence-corrected chi connectivity index (χ0v) is 15.2. The molecular formula is C18H13ClFN5S. The first-order valence-electron chi connectivity index (χ1n) is 7.72. The molecule has 0 aliphatic heterocycles. The molecule has 0 aliphatic carbocycles. The van der Waals surface area contributed by atoms with E-state index in [-0.39, 0.29) is 5.82 Å². The van der Waals surface area contributed by atoms with Crippen LogP contribution in [0.4, 0.5) is 10.2 Å². The van der Waals surface area contributed by atoms with Gasteiger partial charge in [0, 0.05) is 16.0 Å². The third kappa shape index (κ3) is 2.95. The van der Waals surface area contributed by atoms with Crippen molar-refractivity contribution in [2.75, 3.05) is 5.73 Å². The van der Waals surface area contributed by atoms with E-state index in [0.717, 1.165) is 11.3 Å². The van der Waals surface area contributed by atoms with Gasteiger partial charge in [-0.1, -0.05) is 35.0 Å². The van der Waals surface area contributed by atoms with Crippen LogP contribution < -0.4 is 5.73 Å². The monoisotopic (exact) mass is 385 g/mol. The summed E-state index contributed by atoms with van der Waals surface area (Å²) in [6.45, 7) is 1.70. The molecule has 0 saturated carbocycles. The van der Waals surface area contributed by atoms with E-state index in [0.29, 0.717) is 32.8 Å². The van der Waals surface area contributed by atoms with Gasteiger partial charge < -0.3 is 5.73 Å². The molecule has 0 radical (unpaired) electrons. The minimum atomic E-state index is -0.323. The van der Waals surface area contributed by atoms with E-state index in [1.54, 1.807) is 19.1 Å². The fourth-order valence-electron chi connectivity index (χ4n) is 2.51. The quantitative estimate of drug-likeness (QED) is 0.553. The maximum Gasteiger partial charge on any atom is 0.165 e. The summed E-state index contributed by atoms with van der Waals surface area (Å²) in [4.78, 5) is 4.58. The van der Waals surface area contributed by atoms with E-state index < -0.39 is 0 Å². The van der Waals surface area contributed by atoms with Gasteiger partial charge in [0.25, 0.3) is 0 Å². The van der Waals surface area contributed by atoms with Crippen LogP contribution in [0.2, 0.25) is 5.02 Å². The fraction of sp³-hybridized carbons (Fsp3) is 0.0556. The predicted octanol–water partition coefficient (Wildman–Crippen LogP) is 4.74. The average Bonchev–Trinajstić information content (AvgIpc) is 3.24. The van der Waals surface area contributed by atoms with Gasteiger partial charge in [0.1, 0.15) is 10.8 Å². The highest BCUT2D eigenvalue weighted by Crippen LogP contribution is 2.32. The highest BCUT2D eigenvalue weighted by atomic mass is 35.5. The van der Waals surface area contributed by atoms with Gasteiger partial charge in [0.05, 0.1) is 11.4 Å². The van der Waals surface area contributed by atoms with E-state index in [2.05, 4.69) is 15.3 Å². The van der Waals surface area contributed by atoms with Gasteiger partial charge in [-0.25, -0.2) is 9.37 Å². The number of hydrogen-bond acceptors (Lipinski definition) is 5. The summed E-state index contributed by atoms with van der Waals surface area (Å²) in [5, 5.41) is 11.4. The summed E-state index contributed by atoms with van der Waals surface area (Å²) in [6.07, 6.45) is 0. The first-order chi connectivity index (χ1) is 12.5. The molecule has 0 unspecified atom stereocenters. The molecule has 0 fully saturated rings. The molecule has 0 atom stereocenters. The van der Waals surface area contributed by atoms with Crippen molar-refractivity contribution in [3.8, 4) is 27.6 Å². The number of aryl methyl sites for hydroxylation is 1. The first-order valence-corrected chi connectivity index (χ1v) is 8.98. The fourth-order valence-corrected chi connectivity index (χ4v) is 3.52. The van der Waals surface area contributed by atoms with Gasteiger partial charge in [-0.2, -0.15) is 4.68 Å². The first kappa shape index (κ1) is 16.7. The molecule has 0 aliphatic rings. The molecule has 4 rings (SSSR count). The molecule has 2 N–H and O–H groups in total. The Hall–Kier alpha value is -2.77. The zero-order chi connectivity index (χ0) is 18.3. The van der Waals surface area contributed by atoms with Crippen molar-refractivity contribution in [3.63, 3.8) is 0 Å². The van der Waals surface area contributed by atoms with Crippen molar-refractivity contribution in [1.82, 2.24) is 20.0 Å². The molecule has 0 saturated heterocycles. The standard InChI is InChI=1S/C18H13ClFN5S/c1-10-5-6-13(8-14(10)20)25-17(21)16(23-24-25)18-22-15(9-26-18)11-3-2-4-12(19)7-11/h2-9H,21H2,1H3. The van der Waals surface area contributed by atoms with Crippen molar-refractivity contribution < 1.29 is 4.39 Å². The second kappa shape index (κ2) is 6.51. The Bertz CT molecular complexity index is 1100. The molecular weight excluding hydrogens is 373 g/mol. The van der Waals surface area contributed by atoms with Gasteiger partial charge in [-0.3, -0.25) is 0 Å². The van der Waals surface area contributed by atoms with Crippen molar-refractivity contribution in [3.05, 3.63) is 64.2 Å². The minimum absolute atomic E-state index is 0.306. The van der Waals surface area contributed by atoms with Crippen LogP contribution in [0.3, 0.4) is 0 Å². The Morgan fingerprint density at radius 3 is 2.81 bits per heavy atom. The number of nitrogens with zero attached hydrogens (tertiary/aromatic N) is 4. The Kier molecular flexibility index (Phi) is 4.18. The summed E-state index contributed by atoms with van der Waals surface area (Å²) < 4.78 is 15.2. The van der Waals surface area contributed by atoms with Crippen LogP contribution in [0.1, 0.15) is 5.56 Å². The molecule has 0 spiro atoms. The van der Waals surface area contributed by atoms with Crippen LogP contribution in [-0.4, -0.2) is 20.0 Å². The molecule has 0 amide bonds. The Morgan fingerprint density at radius 1 is 1.19 bits per heavy atom. The van der Waals surface area contributed by atoms with Crippen molar-refractivity contribution in [2.24, 2.45) is 0 Å². The largest absolute Gasteiger partial charge is 0.382 e. The number of aromatic nitrogens is 4. The van der Waals surface area contributed by atoms with Crippen LogP contribution in [0.15, 0.2) is 47.8 Å². The van der Waals surface area contributed by atoms with Crippen LogP contribution >= 0.6 is 22.9 Å². The number of halogens is 2. The summed E-state index contributed by atoms with van der Waals surface area (Å²) >= 11 is 7.45. The van der Waals surface area contributed by atoms with Crippen LogP contribution in [0.25, 0.3) is 27.6 Å². The number of rotatable bonds is 3. The van der Waals surface area contributed by atoms with Crippen LogP contribution in [0, 0.1) is 12.7 Å². The Morgan fingerprint density at radius 2 is 2.04 bits per heavy atom. The second-order valence-electron chi connectivity index (χ2n) is 5.72. The average molecular weight is 386 g/mol. The van der Waals surface area contributed by atoms with E-state index in [9.17, 15) is 4.39 Å². The number of anilines is 1. The van der Waals surface area contributed by atoms with E-state index in [1.807, 2.05) is 29.6 Å². The van der Waals surface area contributed by atoms with Crippen molar-refractivity contribution >= 4 is 28.8 Å². The van der Waals surface area contributed by atoms with Crippen molar-refractivity contribution in [1.29, 1.82) is 0 Å². The maximum atomic E-state index is 13.8. The van der Waals surface area contributed by atoms with Gasteiger partial charge in [0.15, 0.2) is 11.5 Å². The lowest BCUT2D eigenvalue weighted by atomic mass is 10.2. The third-order valence-electron chi connectivity index (χ3n) is 3.93. The third-order valence-corrected chi connectivity index (χ3v) is 5.02. The van der Waals surface area contributed by atoms with Crippen molar-refractivity contribution in [2.45, 2.75) is 6.92 Å². The lowest BCUT2D eigenvalue weighted by molar-refractivity contribution is 0.616. The summed E-state index contributed by atoms with van der Waals surface area (Å²) in [5.41, 5.74) is 9.40. The number of hydrogen-bond donors (Lipinski definition) is 1. The van der Waals surface area contributed by atoms with Gasteiger partial charge >= 0.3 is 0 Å². The molecule has 2 heterocycles. The van der Waals surface area contributed by atoms with E-state index in [1.165, 1.54) is 22.1 Å². The summed E-state index contributed by atoms with van der Waals surface area (Å²) in [7, 11) is 0. The summed E-state index contributed by atoms with van der Waals surface area (Å²) in [6, 6.07) is 12.2. The predicted molar refractivity (Wildman–Crippen MR) is 102 cm³/mol. The lowest BCUT2D eigenvalue weighted by Gasteiger charge is -2.04. The van der Waals surface area contributed by atoms with Gasteiger partial charge in [-0.05, 0) is 36.8 Å². The number of thiazole rings is 1. The van der Waals surface area contributed by atoms with Gasteiger partial charge in [0.2, 0.25) is 0 Å². The Balaban J connectivity index is 1.72. The topological polar surface area (TPSA) is 69.6 Å².